The molecule has 2 aromatic carbocycles. The molecule has 2 aromatic heterocycles. The predicted molar refractivity (Wildman–Crippen MR) is 145 cm³/mol. The van der Waals surface area contributed by atoms with Crippen LogP contribution in [0.2, 0.25) is 0 Å². The fraction of sp³-hybridized carbons (Fsp3) is 0.286. The van der Waals surface area contributed by atoms with Crippen molar-refractivity contribution in [3.05, 3.63) is 77.6 Å². The molecule has 8 nitrogen and oxygen atoms in total. The summed E-state index contributed by atoms with van der Waals surface area (Å²) in [5.41, 5.74) is 1.41. The average Bonchev–Trinajstić information content (AvgIpc) is 3.42. The van der Waals surface area contributed by atoms with Gasteiger partial charge in [0.2, 0.25) is 0 Å². The van der Waals surface area contributed by atoms with Crippen LogP contribution in [0.4, 0.5) is 5.13 Å². The minimum atomic E-state index is -0.281. The molecular formula is C28H29N5O3S. The molecule has 1 N–H and O–H groups in total. The molecule has 4 aromatic rings. The number of thiazole rings is 1. The number of benzene rings is 2. The van der Waals surface area contributed by atoms with Crippen molar-refractivity contribution < 1.29 is 14.3 Å². The Morgan fingerprint density at radius 1 is 1.11 bits per heavy atom. The molecule has 3 heterocycles. The predicted octanol–water partition coefficient (Wildman–Crippen LogP) is 6.44. The Morgan fingerprint density at radius 3 is 2.73 bits per heavy atom. The van der Waals surface area contributed by atoms with Crippen LogP contribution >= 0.6 is 11.3 Å². The van der Waals surface area contributed by atoms with Crippen LogP contribution in [0.25, 0.3) is 11.4 Å². The molecule has 190 valence electrons. The molecule has 5 rings (SSSR count). The van der Waals surface area contributed by atoms with Crippen LogP contribution in [0.3, 0.4) is 0 Å². The van der Waals surface area contributed by atoms with Crippen LogP contribution in [0.1, 0.15) is 46.7 Å². The van der Waals surface area contributed by atoms with Crippen LogP contribution < -0.4 is 14.8 Å². The van der Waals surface area contributed by atoms with Gasteiger partial charge in [-0.2, -0.15) is 0 Å². The van der Waals surface area contributed by atoms with E-state index >= 15 is 0 Å². The maximum Gasteiger partial charge on any atom is 0.257 e. The minimum absolute atomic E-state index is 0.281. The standard InChI is InChI=1S/C28H29N5O3S/c1-3-4-14-35-23-15-21(27(34)30-28-29-18-19(2)37-28)16-24(17-23)36-22-11-9-20(10-12-22)26-32-31-25-8-6-5-7-13-33(25)26/h3,9-12,15-18H,1,4-8,13-14H2,2H3,(H,29,30,34). The Kier molecular flexibility index (Phi) is 7.60. The molecule has 0 radical (unpaired) electrons. The third-order valence-corrected chi connectivity index (χ3v) is 6.86. The number of nitrogens with one attached hydrogen (secondary N) is 1. The van der Waals surface area contributed by atoms with Gasteiger partial charge in [0.1, 0.15) is 23.1 Å². The van der Waals surface area contributed by atoms with Crippen LogP contribution in [0.15, 0.2) is 61.3 Å². The van der Waals surface area contributed by atoms with E-state index in [4.69, 9.17) is 9.47 Å². The monoisotopic (exact) mass is 515 g/mol. The summed E-state index contributed by atoms with van der Waals surface area (Å²) in [6, 6.07) is 12.9. The molecule has 0 saturated carbocycles. The lowest BCUT2D eigenvalue weighted by atomic mass is 10.1. The molecule has 1 aliphatic heterocycles. The Labute approximate surface area is 220 Å². The van der Waals surface area contributed by atoms with Crippen molar-refractivity contribution >= 4 is 22.4 Å². The molecule has 1 amide bonds. The van der Waals surface area contributed by atoms with Gasteiger partial charge in [-0.3, -0.25) is 10.1 Å². The fourth-order valence-electron chi connectivity index (χ4n) is 4.19. The van der Waals surface area contributed by atoms with E-state index in [1.807, 2.05) is 31.2 Å². The summed E-state index contributed by atoms with van der Waals surface area (Å²) in [6.45, 7) is 7.07. The van der Waals surface area contributed by atoms with E-state index < -0.39 is 0 Å². The van der Waals surface area contributed by atoms with Crippen LogP contribution in [-0.4, -0.2) is 32.3 Å². The molecule has 9 heteroatoms. The zero-order chi connectivity index (χ0) is 25.6. The van der Waals surface area contributed by atoms with Gasteiger partial charge in [-0.05, 0) is 62.6 Å². The number of anilines is 1. The number of carbonyl (C=O) groups is 1. The molecule has 0 spiro atoms. The molecule has 0 aliphatic carbocycles. The quantitative estimate of drug-likeness (QED) is 0.204. The summed E-state index contributed by atoms with van der Waals surface area (Å²) < 4.78 is 14.2. The van der Waals surface area contributed by atoms with Gasteiger partial charge < -0.3 is 14.0 Å². The van der Waals surface area contributed by atoms with Gasteiger partial charge in [-0.15, -0.1) is 28.1 Å². The lowest BCUT2D eigenvalue weighted by molar-refractivity contribution is 0.102. The molecule has 37 heavy (non-hydrogen) atoms. The van der Waals surface area contributed by atoms with Crippen molar-refractivity contribution in [2.24, 2.45) is 0 Å². The van der Waals surface area contributed by atoms with Crippen LogP contribution in [0.5, 0.6) is 17.2 Å². The first-order valence-electron chi connectivity index (χ1n) is 12.4. The number of rotatable bonds is 9. The third-order valence-electron chi connectivity index (χ3n) is 6.03. The molecule has 0 fully saturated rings. The highest BCUT2D eigenvalue weighted by atomic mass is 32.1. The average molecular weight is 516 g/mol. The van der Waals surface area contributed by atoms with Crippen molar-refractivity contribution in [3.8, 4) is 28.6 Å². The highest BCUT2D eigenvalue weighted by Crippen LogP contribution is 2.30. The Morgan fingerprint density at radius 2 is 1.95 bits per heavy atom. The maximum atomic E-state index is 12.9. The van der Waals surface area contributed by atoms with Crippen molar-refractivity contribution in [1.29, 1.82) is 0 Å². The van der Waals surface area contributed by atoms with Crippen molar-refractivity contribution in [1.82, 2.24) is 19.7 Å². The van der Waals surface area contributed by atoms with Gasteiger partial charge >= 0.3 is 0 Å². The molecule has 0 bridgehead atoms. The molecule has 0 atom stereocenters. The number of amides is 1. The third kappa shape index (κ3) is 6.06. The van der Waals surface area contributed by atoms with Gasteiger partial charge in [0.05, 0.1) is 6.61 Å². The van der Waals surface area contributed by atoms with Crippen molar-refractivity contribution in [3.63, 3.8) is 0 Å². The first-order chi connectivity index (χ1) is 18.1. The summed E-state index contributed by atoms with van der Waals surface area (Å²) in [5, 5.41) is 12.2. The number of ether oxygens (including phenoxy) is 2. The minimum Gasteiger partial charge on any atom is -0.493 e. The van der Waals surface area contributed by atoms with E-state index in [0.717, 1.165) is 47.9 Å². The Balaban J connectivity index is 1.36. The maximum absolute atomic E-state index is 12.9. The van der Waals surface area contributed by atoms with Crippen LogP contribution in [-0.2, 0) is 13.0 Å². The fourth-order valence-corrected chi connectivity index (χ4v) is 4.85. The van der Waals surface area contributed by atoms with Gasteiger partial charge in [-0.1, -0.05) is 12.5 Å². The number of hydrogen-bond donors (Lipinski definition) is 1. The second-order valence-electron chi connectivity index (χ2n) is 8.88. The van der Waals surface area contributed by atoms with E-state index in [9.17, 15) is 4.79 Å². The zero-order valence-corrected chi connectivity index (χ0v) is 21.6. The normalized spacial score (nSPS) is 12.9. The van der Waals surface area contributed by atoms with Gasteiger partial charge in [-0.25, -0.2) is 4.98 Å². The summed E-state index contributed by atoms with van der Waals surface area (Å²) in [6.07, 6.45) is 8.69. The van der Waals surface area contributed by atoms with Gasteiger partial charge in [0.25, 0.3) is 5.91 Å². The van der Waals surface area contributed by atoms with Gasteiger partial charge in [0, 0.05) is 41.2 Å². The molecule has 0 saturated heterocycles. The second-order valence-corrected chi connectivity index (χ2v) is 10.1. The van der Waals surface area contributed by atoms with E-state index in [2.05, 4.69) is 31.6 Å². The van der Waals surface area contributed by atoms with Crippen molar-refractivity contribution in [2.45, 2.75) is 45.6 Å². The topological polar surface area (TPSA) is 91.2 Å². The SMILES string of the molecule is C=CCCOc1cc(Oc2ccc(-c3nnc4n3CCCCC4)cc2)cc(C(=O)Nc2ncc(C)s2)c1. The van der Waals surface area contributed by atoms with E-state index in [1.165, 1.54) is 17.8 Å². The Hall–Kier alpha value is -3.98. The second kappa shape index (κ2) is 11.4. The first-order valence-corrected chi connectivity index (χ1v) is 13.2. The van der Waals surface area contributed by atoms with E-state index in [-0.39, 0.29) is 5.91 Å². The summed E-state index contributed by atoms with van der Waals surface area (Å²) in [4.78, 5) is 18.2. The number of nitrogens with zero attached hydrogens (tertiary/aromatic N) is 4. The van der Waals surface area contributed by atoms with Crippen LogP contribution in [0, 0.1) is 6.92 Å². The summed E-state index contributed by atoms with van der Waals surface area (Å²) >= 11 is 1.42. The molecular weight excluding hydrogens is 486 g/mol. The summed E-state index contributed by atoms with van der Waals surface area (Å²) in [7, 11) is 0. The molecule has 0 unspecified atom stereocenters. The first kappa shape index (κ1) is 24.7. The van der Waals surface area contributed by atoms with Crippen molar-refractivity contribution in [2.75, 3.05) is 11.9 Å². The molecule has 1 aliphatic rings. The van der Waals surface area contributed by atoms with Gasteiger partial charge in [0.15, 0.2) is 11.0 Å². The number of fused-ring (bicyclic) bond motifs is 1. The smallest absolute Gasteiger partial charge is 0.257 e. The van der Waals surface area contributed by atoms with E-state index in [1.54, 1.807) is 30.5 Å². The number of hydrogen-bond acceptors (Lipinski definition) is 7. The number of aryl methyl sites for hydroxylation is 2. The summed E-state index contributed by atoms with van der Waals surface area (Å²) in [5.74, 6) is 3.35. The zero-order valence-electron chi connectivity index (χ0n) is 20.8. The highest BCUT2D eigenvalue weighted by molar-refractivity contribution is 7.15. The lowest BCUT2D eigenvalue weighted by Gasteiger charge is -2.12. The lowest BCUT2D eigenvalue weighted by Crippen LogP contribution is -2.12. The number of aromatic nitrogens is 4. The van der Waals surface area contributed by atoms with E-state index in [0.29, 0.717) is 41.0 Å². The highest BCUT2D eigenvalue weighted by Gasteiger charge is 2.17. The number of carbonyl (C=O) groups excluding carboxylic acids is 1. The largest absolute Gasteiger partial charge is 0.493 e. The Bertz CT molecular complexity index is 1390.